The van der Waals surface area contributed by atoms with Crippen LogP contribution in [-0.4, -0.2) is 15.9 Å². The van der Waals surface area contributed by atoms with Gasteiger partial charge < -0.3 is 11.1 Å². The van der Waals surface area contributed by atoms with E-state index < -0.39 is 0 Å². The van der Waals surface area contributed by atoms with Crippen LogP contribution < -0.4 is 11.1 Å². The molecule has 4 aromatic rings. The minimum atomic E-state index is -0.122. The molecule has 4 rings (SSSR count). The highest BCUT2D eigenvalue weighted by molar-refractivity contribution is 6.05. The number of carbonyl (C=O) groups is 1. The number of nitrogens with two attached hydrogens (primary N) is 1. The van der Waals surface area contributed by atoms with Gasteiger partial charge in [-0.1, -0.05) is 51.1 Å². The molecule has 0 bridgehead atoms. The van der Waals surface area contributed by atoms with Crippen molar-refractivity contribution >= 4 is 28.4 Å². The number of hydrogen-bond donors (Lipinski definition) is 2. The Morgan fingerprint density at radius 1 is 0.935 bits per heavy atom. The molecular formula is C26H26N4O. The molecule has 1 amide bonds. The maximum atomic E-state index is 12.8. The highest BCUT2D eigenvalue weighted by Gasteiger charge is 2.15. The van der Waals surface area contributed by atoms with Crippen LogP contribution in [0.1, 0.15) is 42.3 Å². The molecule has 0 unspecified atom stereocenters. The third kappa shape index (κ3) is 4.40. The normalized spacial score (nSPS) is 11.5. The molecule has 3 aromatic carbocycles. The van der Waals surface area contributed by atoms with Gasteiger partial charge in [-0.3, -0.25) is 4.79 Å². The summed E-state index contributed by atoms with van der Waals surface area (Å²) in [5.74, 6) is 0.138. The third-order valence-electron chi connectivity index (χ3n) is 5.43. The van der Waals surface area contributed by atoms with Crippen LogP contribution in [0.4, 0.5) is 11.6 Å². The number of amides is 1. The first-order valence-corrected chi connectivity index (χ1v) is 10.3. The lowest BCUT2D eigenvalue weighted by Crippen LogP contribution is -2.15. The summed E-state index contributed by atoms with van der Waals surface area (Å²) in [5, 5.41) is 3.97. The Bertz CT molecular complexity index is 1270. The molecule has 3 N–H and O–H groups in total. The molecule has 1 heterocycles. The van der Waals surface area contributed by atoms with Gasteiger partial charge in [0.05, 0.1) is 5.52 Å². The molecule has 0 spiro atoms. The van der Waals surface area contributed by atoms with E-state index in [-0.39, 0.29) is 17.3 Å². The van der Waals surface area contributed by atoms with Gasteiger partial charge in [-0.25, -0.2) is 9.97 Å². The zero-order valence-electron chi connectivity index (χ0n) is 18.2. The molecule has 156 valence electrons. The number of fused-ring (bicyclic) bond motifs is 1. The van der Waals surface area contributed by atoms with Gasteiger partial charge in [0.15, 0.2) is 0 Å². The average Bonchev–Trinajstić information content (AvgIpc) is 2.74. The number of nitrogens with zero attached hydrogens (tertiary/aromatic N) is 2. The van der Waals surface area contributed by atoms with Gasteiger partial charge in [-0.05, 0) is 64.9 Å². The van der Waals surface area contributed by atoms with E-state index in [4.69, 9.17) is 5.73 Å². The van der Waals surface area contributed by atoms with E-state index in [0.29, 0.717) is 5.56 Å². The molecule has 0 aliphatic heterocycles. The van der Waals surface area contributed by atoms with E-state index >= 15 is 0 Å². The topological polar surface area (TPSA) is 80.9 Å². The van der Waals surface area contributed by atoms with E-state index in [1.165, 1.54) is 5.56 Å². The lowest BCUT2D eigenvalue weighted by Gasteiger charge is -2.19. The number of benzene rings is 3. The van der Waals surface area contributed by atoms with Gasteiger partial charge in [0.25, 0.3) is 5.91 Å². The van der Waals surface area contributed by atoms with E-state index in [9.17, 15) is 4.79 Å². The van der Waals surface area contributed by atoms with Gasteiger partial charge in [0.2, 0.25) is 5.95 Å². The van der Waals surface area contributed by atoms with Crippen LogP contribution in [0.15, 0.2) is 66.9 Å². The first-order chi connectivity index (χ1) is 14.7. The van der Waals surface area contributed by atoms with Crippen molar-refractivity contribution in [2.24, 2.45) is 0 Å². The summed E-state index contributed by atoms with van der Waals surface area (Å²) in [6, 6.07) is 19.8. The number of aryl methyl sites for hydroxylation is 1. The molecule has 5 nitrogen and oxygen atoms in total. The highest BCUT2D eigenvalue weighted by Crippen LogP contribution is 2.28. The largest absolute Gasteiger partial charge is 0.368 e. The first kappa shape index (κ1) is 20.5. The number of aromatic nitrogens is 2. The Balaban J connectivity index is 1.61. The van der Waals surface area contributed by atoms with Crippen molar-refractivity contribution in [1.82, 2.24) is 9.97 Å². The molecular weight excluding hydrogens is 384 g/mol. The van der Waals surface area contributed by atoms with E-state index in [0.717, 1.165) is 33.3 Å². The lowest BCUT2D eigenvalue weighted by atomic mass is 9.86. The van der Waals surface area contributed by atoms with Crippen molar-refractivity contribution in [2.75, 3.05) is 11.1 Å². The maximum Gasteiger partial charge on any atom is 0.255 e. The average molecular weight is 411 g/mol. The summed E-state index contributed by atoms with van der Waals surface area (Å²) in [6.07, 6.45) is 1.72. The summed E-state index contributed by atoms with van der Waals surface area (Å²) in [7, 11) is 0. The number of hydrogen-bond acceptors (Lipinski definition) is 4. The van der Waals surface area contributed by atoms with Crippen LogP contribution in [0.3, 0.4) is 0 Å². The van der Waals surface area contributed by atoms with Crippen LogP contribution in [0, 0.1) is 6.92 Å². The van der Waals surface area contributed by atoms with Crippen LogP contribution in [-0.2, 0) is 5.41 Å². The number of nitrogens with one attached hydrogen (secondary N) is 1. The van der Waals surface area contributed by atoms with Crippen molar-refractivity contribution in [3.63, 3.8) is 0 Å². The monoisotopic (exact) mass is 410 g/mol. The number of anilines is 2. The molecule has 1 aromatic heterocycles. The predicted octanol–water partition coefficient (Wildman–Crippen LogP) is 5.74. The fourth-order valence-corrected chi connectivity index (χ4v) is 3.48. The van der Waals surface area contributed by atoms with Gasteiger partial charge in [0, 0.05) is 22.8 Å². The van der Waals surface area contributed by atoms with Gasteiger partial charge >= 0.3 is 0 Å². The van der Waals surface area contributed by atoms with Gasteiger partial charge in [-0.2, -0.15) is 0 Å². The quantitative estimate of drug-likeness (QED) is 0.451. The second-order valence-electron chi connectivity index (χ2n) is 8.81. The molecule has 0 atom stereocenters. The SMILES string of the molecule is Cc1ccc(-c2ccc3nc(N)ncc3c2)cc1NC(=O)c1ccc(C(C)(C)C)cc1. The summed E-state index contributed by atoms with van der Waals surface area (Å²) < 4.78 is 0. The number of nitrogen functional groups attached to an aromatic ring is 1. The molecule has 0 aliphatic carbocycles. The Kier molecular flexibility index (Phi) is 5.19. The third-order valence-corrected chi connectivity index (χ3v) is 5.43. The molecule has 31 heavy (non-hydrogen) atoms. The van der Waals surface area contributed by atoms with Crippen molar-refractivity contribution in [3.05, 3.63) is 83.6 Å². The second kappa shape index (κ2) is 7.84. The number of carbonyl (C=O) groups excluding carboxylic acids is 1. The Morgan fingerprint density at radius 3 is 2.32 bits per heavy atom. The lowest BCUT2D eigenvalue weighted by molar-refractivity contribution is 0.102. The zero-order chi connectivity index (χ0) is 22.2. The maximum absolute atomic E-state index is 12.8. The molecule has 5 heteroatoms. The molecule has 0 radical (unpaired) electrons. The Morgan fingerprint density at radius 2 is 1.61 bits per heavy atom. The number of rotatable bonds is 3. The first-order valence-electron chi connectivity index (χ1n) is 10.3. The molecule has 0 aliphatic rings. The standard InChI is InChI=1S/C26H26N4O/c1-16-5-6-19(18-9-12-22-20(13-18)15-28-25(27)30-22)14-23(16)29-24(31)17-7-10-21(11-8-17)26(2,3)4/h5-15H,1-4H3,(H,29,31)(H2,27,28,30). The minimum Gasteiger partial charge on any atom is -0.368 e. The van der Waals surface area contributed by atoms with Crippen LogP contribution in [0.25, 0.3) is 22.0 Å². The summed E-state index contributed by atoms with van der Waals surface area (Å²) in [6.45, 7) is 8.46. The van der Waals surface area contributed by atoms with Crippen molar-refractivity contribution in [2.45, 2.75) is 33.1 Å². The van der Waals surface area contributed by atoms with Crippen LogP contribution >= 0.6 is 0 Å². The second-order valence-corrected chi connectivity index (χ2v) is 8.81. The van der Waals surface area contributed by atoms with Gasteiger partial charge in [0.1, 0.15) is 0 Å². The van der Waals surface area contributed by atoms with E-state index in [1.807, 2.05) is 67.6 Å². The highest BCUT2D eigenvalue weighted by atomic mass is 16.1. The van der Waals surface area contributed by atoms with E-state index in [2.05, 4.69) is 36.1 Å². The Labute approximate surface area is 182 Å². The fourth-order valence-electron chi connectivity index (χ4n) is 3.48. The van der Waals surface area contributed by atoms with E-state index in [1.54, 1.807) is 6.20 Å². The zero-order valence-corrected chi connectivity index (χ0v) is 18.2. The molecule has 0 saturated heterocycles. The molecule has 0 saturated carbocycles. The summed E-state index contributed by atoms with van der Waals surface area (Å²) >= 11 is 0. The van der Waals surface area contributed by atoms with Crippen molar-refractivity contribution in [1.29, 1.82) is 0 Å². The summed E-state index contributed by atoms with van der Waals surface area (Å²) in [4.78, 5) is 21.2. The molecule has 0 fully saturated rings. The minimum absolute atomic E-state index is 0.0521. The summed E-state index contributed by atoms with van der Waals surface area (Å²) in [5.41, 5.74) is 12.2. The van der Waals surface area contributed by atoms with Crippen molar-refractivity contribution < 1.29 is 4.79 Å². The predicted molar refractivity (Wildman–Crippen MR) is 127 cm³/mol. The van der Waals surface area contributed by atoms with Crippen molar-refractivity contribution in [3.8, 4) is 11.1 Å². The Hall–Kier alpha value is -3.73. The van der Waals surface area contributed by atoms with Gasteiger partial charge in [-0.15, -0.1) is 0 Å². The van der Waals surface area contributed by atoms with Crippen LogP contribution in [0.5, 0.6) is 0 Å². The van der Waals surface area contributed by atoms with Crippen LogP contribution in [0.2, 0.25) is 0 Å². The fraction of sp³-hybridized carbons (Fsp3) is 0.192. The smallest absolute Gasteiger partial charge is 0.255 e.